The van der Waals surface area contributed by atoms with Gasteiger partial charge in [-0.3, -0.25) is 4.79 Å². The van der Waals surface area contributed by atoms with Crippen molar-refractivity contribution in [1.82, 2.24) is 5.32 Å². The van der Waals surface area contributed by atoms with Crippen molar-refractivity contribution in [3.63, 3.8) is 0 Å². The lowest BCUT2D eigenvalue weighted by atomic mass is 10.1. The highest BCUT2D eigenvalue weighted by Crippen LogP contribution is 2.15. The zero-order valence-electron chi connectivity index (χ0n) is 15.2. The third kappa shape index (κ3) is 7.19. The van der Waals surface area contributed by atoms with Gasteiger partial charge in [-0.25, -0.2) is 4.79 Å². The summed E-state index contributed by atoms with van der Waals surface area (Å²) in [6.07, 6.45) is -0.238. The Bertz CT molecular complexity index is 746. The largest absolute Gasteiger partial charge is 0.497 e. The summed E-state index contributed by atoms with van der Waals surface area (Å²) in [6.45, 7) is 1.67. The molecule has 7 heteroatoms. The smallest absolute Gasteiger partial charge is 0.344 e. The molecule has 2 aromatic rings. The molecule has 0 aliphatic rings. The fourth-order valence-electron chi connectivity index (χ4n) is 2.22. The van der Waals surface area contributed by atoms with E-state index >= 15 is 0 Å². The topological polar surface area (TPSA) is 73.9 Å². The van der Waals surface area contributed by atoms with E-state index in [-0.39, 0.29) is 12.5 Å². The highest BCUT2D eigenvalue weighted by atomic mass is 35.5. The molecule has 0 spiro atoms. The molecule has 6 nitrogen and oxygen atoms in total. The number of hydrogen-bond donors (Lipinski definition) is 1. The van der Waals surface area contributed by atoms with Gasteiger partial charge in [0.2, 0.25) is 0 Å². The third-order valence-electron chi connectivity index (χ3n) is 3.72. The van der Waals surface area contributed by atoms with Crippen molar-refractivity contribution >= 4 is 23.5 Å². The number of carbonyl (C=O) groups is 2. The second-order valence-electron chi connectivity index (χ2n) is 5.76. The molecule has 2 rings (SSSR count). The van der Waals surface area contributed by atoms with Crippen LogP contribution in [0.1, 0.15) is 12.5 Å². The van der Waals surface area contributed by atoms with Crippen LogP contribution in [-0.2, 0) is 20.7 Å². The van der Waals surface area contributed by atoms with Crippen molar-refractivity contribution in [3.05, 3.63) is 59.1 Å². The van der Waals surface area contributed by atoms with Gasteiger partial charge in [-0.05, 0) is 55.3 Å². The summed E-state index contributed by atoms with van der Waals surface area (Å²) in [5, 5.41) is 3.32. The molecular formula is C20H22ClNO5. The Hall–Kier alpha value is -2.73. The number of nitrogens with one attached hydrogen (secondary N) is 1. The molecule has 0 aliphatic heterocycles. The SMILES string of the molecule is COc1ccc(CCNC(=O)C(C)OC(=O)COc2ccc(Cl)cc2)cc1. The van der Waals surface area contributed by atoms with E-state index in [1.807, 2.05) is 24.3 Å². The summed E-state index contributed by atoms with van der Waals surface area (Å²) in [6, 6.07) is 14.2. The van der Waals surface area contributed by atoms with Crippen LogP contribution < -0.4 is 14.8 Å². The Balaban J connectivity index is 1.67. The molecule has 1 N–H and O–H groups in total. The Morgan fingerprint density at radius 3 is 2.30 bits per heavy atom. The maximum absolute atomic E-state index is 12.0. The summed E-state index contributed by atoms with van der Waals surface area (Å²) >= 11 is 5.78. The van der Waals surface area contributed by atoms with Crippen LogP contribution in [-0.4, -0.2) is 38.2 Å². The van der Waals surface area contributed by atoms with Gasteiger partial charge in [-0.1, -0.05) is 23.7 Å². The van der Waals surface area contributed by atoms with Gasteiger partial charge >= 0.3 is 5.97 Å². The van der Waals surface area contributed by atoms with E-state index in [0.717, 1.165) is 11.3 Å². The van der Waals surface area contributed by atoms with Crippen LogP contribution >= 0.6 is 11.6 Å². The molecule has 0 heterocycles. The number of hydrogen-bond acceptors (Lipinski definition) is 5. The predicted octanol–water partition coefficient (Wildman–Crippen LogP) is 3.02. The van der Waals surface area contributed by atoms with E-state index in [1.165, 1.54) is 6.92 Å². The van der Waals surface area contributed by atoms with Gasteiger partial charge in [-0.15, -0.1) is 0 Å². The molecule has 0 fully saturated rings. The summed E-state index contributed by atoms with van der Waals surface area (Å²) < 4.78 is 15.5. The minimum absolute atomic E-state index is 0.287. The van der Waals surface area contributed by atoms with Crippen molar-refractivity contribution in [2.24, 2.45) is 0 Å². The van der Waals surface area contributed by atoms with Crippen LogP contribution in [0.4, 0.5) is 0 Å². The normalized spacial score (nSPS) is 11.4. The number of carbonyl (C=O) groups excluding carboxylic acids is 2. The molecule has 1 amide bonds. The van der Waals surface area contributed by atoms with Crippen LogP contribution in [0.15, 0.2) is 48.5 Å². The van der Waals surface area contributed by atoms with E-state index in [0.29, 0.717) is 23.7 Å². The van der Waals surface area contributed by atoms with Gasteiger partial charge in [-0.2, -0.15) is 0 Å². The summed E-state index contributed by atoms with van der Waals surface area (Å²) in [5.74, 6) is 0.295. The van der Waals surface area contributed by atoms with Crippen LogP contribution in [0.3, 0.4) is 0 Å². The average Bonchev–Trinajstić information content (AvgIpc) is 2.68. The van der Waals surface area contributed by atoms with E-state index in [4.69, 9.17) is 25.8 Å². The summed E-state index contributed by atoms with van der Waals surface area (Å²) in [7, 11) is 1.61. The molecule has 1 unspecified atom stereocenters. The standard InChI is InChI=1S/C20H22ClNO5/c1-14(27-19(23)13-26-18-9-5-16(21)6-10-18)20(24)22-12-11-15-3-7-17(25-2)8-4-15/h3-10,14H,11-13H2,1-2H3,(H,22,24). The third-order valence-corrected chi connectivity index (χ3v) is 3.97. The Morgan fingerprint density at radius 2 is 1.67 bits per heavy atom. The Labute approximate surface area is 163 Å². The lowest BCUT2D eigenvalue weighted by Crippen LogP contribution is -2.37. The number of halogens is 1. The first-order valence-corrected chi connectivity index (χ1v) is 8.84. The molecule has 144 valence electrons. The predicted molar refractivity (Wildman–Crippen MR) is 102 cm³/mol. The van der Waals surface area contributed by atoms with Crippen LogP contribution in [0.5, 0.6) is 11.5 Å². The maximum atomic E-state index is 12.0. The van der Waals surface area contributed by atoms with Crippen LogP contribution in [0, 0.1) is 0 Å². The quantitative estimate of drug-likeness (QED) is 0.665. The van der Waals surface area contributed by atoms with E-state index in [9.17, 15) is 9.59 Å². The van der Waals surface area contributed by atoms with Gasteiger partial charge in [0.25, 0.3) is 5.91 Å². The second-order valence-corrected chi connectivity index (χ2v) is 6.20. The molecule has 27 heavy (non-hydrogen) atoms. The highest BCUT2D eigenvalue weighted by molar-refractivity contribution is 6.30. The molecule has 0 bridgehead atoms. The number of benzene rings is 2. The zero-order chi connectivity index (χ0) is 19.6. The van der Waals surface area contributed by atoms with E-state index in [1.54, 1.807) is 31.4 Å². The molecule has 1 atom stereocenters. The first-order chi connectivity index (χ1) is 13.0. The van der Waals surface area contributed by atoms with Gasteiger partial charge in [0.05, 0.1) is 7.11 Å². The molecule has 0 saturated heterocycles. The van der Waals surface area contributed by atoms with Crippen molar-refractivity contribution in [2.75, 3.05) is 20.3 Å². The van der Waals surface area contributed by atoms with Gasteiger partial charge < -0.3 is 19.5 Å². The summed E-state index contributed by atoms with van der Waals surface area (Å²) in [4.78, 5) is 23.8. The Kier molecular flexibility index (Phi) is 7.95. The number of esters is 1. The lowest BCUT2D eigenvalue weighted by Gasteiger charge is -2.14. The number of amides is 1. The molecule has 2 aromatic carbocycles. The first-order valence-electron chi connectivity index (χ1n) is 8.46. The molecule has 0 radical (unpaired) electrons. The van der Waals surface area contributed by atoms with Crippen molar-refractivity contribution < 1.29 is 23.8 Å². The number of rotatable bonds is 9. The minimum Gasteiger partial charge on any atom is -0.497 e. The lowest BCUT2D eigenvalue weighted by molar-refractivity contribution is -0.156. The zero-order valence-corrected chi connectivity index (χ0v) is 16.0. The van der Waals surface area contributed by atoms with Gasteiger partial charge in [0.1, 0.15) is 11.5 Å². The van der Waals surface area contributed by atoms with Crippen LogP contribution in [0.25, 0.3) is 0 Å². The van der Waals surface area contributed by atoms with Crippen LogP contribution in [0.2, 0.25) is 5.02 Å². The monoisotopic (exact) mass is 391 g/mol. The molecule has 0 aliphatic carbocycles. The highest BCUT2D eigenvalue weighted by Gasteiger charge is 2.17. The fourth-order valence-corrected chi connectivity index (χ4v) is 2.35. The van der Waals surface area contributed by atoms with Gasteiger partial charge in [0, 0.05) is 11.6 Å². The molecule has 0 aromatic heterocycles. The average molecular weight is 392 g/mol. The van der Waals surface area contributed by atoms with E-state index < -0.39 is 12.1 Å². The van der Waals surface area contributed by atoms with Crippen molar-refractivity contribution in [1.29, 1.82) is 0 Å². The number of ether oxygens (including phenoxy) is 3. The maximum Gasteiger partial charge on any atom is 0.344 e. The fraction of sp³-hybridized carbons (Fsp3) is 0.300. The first kappa shape index (κ1) is 20.6. The van der Waals surface area contributed by atoms with Crippen molar-refractivity contribution in [3.8, 4) is 11.5 Å². The van der Waals surface area contributed by atoms with E-state index in [2.05, 4.69) is 5.32 Å². The molecule has 0 saturated carbocycles. The Morgan fingerprint density at radius 1 is 1.04 bits per heavy atom. The minimum atomic E-state index is -0.901. The molecular weight excluding hydrogens is 370 g/mol. The van der Waals surface area contributed by atoms with Crippen molar-refractivity contribution in [2.45, 2.75) is 19.4 Å². The number of methoxy groups -OCH3 is 1. The second kappa shape index (κ2) is 10.4. The van der Waals surface area contributed by atoms with Gasteiger partial charge in [0.15, 0.2) is 12.7 Å². The summed E-state index contributed by atoms with van der Waals surface area (Å²) in [5.41, 5.74) is 1.07.